The molecule has 0 aromatic rings. The molecule has 1 rings (SSSR count). The molecule has 1 aliphatic carbocycles. The molecule has 8 atom stereocenters. The van der Waals surface area contributed by atoms with Crippen LogP contribution in [0.1, 0.15) is 96.8 Å². The summed E-state index contributed by atoms with van der Waals surface area (Å²) in [5.74, 6) is 32.2. The third-order valence-electron chi connectivity index (χ3n) is 8.62. The van der Waals surface area contributed by atoms with Crippen molar-refractivity contribution in [1.29, 1.82) is 0 Å². The molecule has 0 amide bonds. The highest BCUT2D eigenvalue weighted by atomic mass is 31.2. The van der Waals surface area contributed by atoms with Crippen molar-refractivity contribution in [2.45, 2.75) is 140 Å². The van der Waals surface area contributed by atoms with Crippen molar-refractivity contribution in [1.82, 2.24) is 0 Å². The van der Waals surface area contributed by atoms with Gasteiger partial charge in [0.05, 0.1) is 6.61 Å². The quantitative estimate of drug-likeness (QED) is 0.0178. The summed E-state index contributed by atoms with van der Waals surface area (Å²) in [6.07, 6.45) is -0.185. The van der Waals surface area contributed by atoms with Crippen LogP contribution < -0.4 is 0 Å². The first kappa shape index (κ1) is 61.8. The minimum Gasteiger partial charge on any atom is -0.456 e. The van der Waals surface area contributed by atoms with E-state index in [1.807, 2.05) is 5.92 Å². The molecule has 0 aromatic carbocycles. The van der Waals surface area contributed by atoms with Crippen LogP contribution in [-0.2, 0) is 59.9 Å². The molecule has 9 N–H and O–H groups in total. The molecular formula is C42H52O22P4. The monoisotopic (exact) mass is 1030 g/mol. The maximum absolute atomic E-state index is 13.2. The highest BCUT2D eigenvalue weighted by molar-refractivity contribution is 7.47. The number of phosphoric ester groups is 4. The molecule has 22 nitrogen and oxygen atoms in total. The average Bonchev–Trinajstić information content (AvgIpc) is 3.24. The Kier molecular flexibility index (Phi) is 30.3. The smallest absolute Gasteiger partial charge is 0.456 e. The fourth-order valence-electron chi connectivity index (χ4n) is 5.79. The Morgan fingerprint density at radius 2 is 0.897 bits per heavy atom. The van der Waals surface area contributed by atoms with Gasteiger partial charge in [0.25, 0.3) is 0 Å². The minimum absolute atomic E-state index is 0.139. The number of aliphatic hydroxyl groups is 2. The fourth-order valence-corrected chi connectivity index (χ4v) is 8.45. The summed E-state index contributed by atoms with van der Waals surface area (Å²) in [6.45, 7) is 0.165. The summed E-state index contributed by atoms with van der Waals surface area (Å²) in [4.78, 5) is 92.1. The van der Waals surface area contributed by atoms with E-state index in [9.17, 15) is 72.3 Å². The Morgan fingerprint density at radius 3 is 1.31 bits per heavy atom. The number of hydrogen-bond donors (Lipinski definition) is 9. The van der Waals surface area contributed by atoms with Crippen molar-refractivity contribution in [3.63, 3.8) is 0 Å². The Hall–Kier alpha value is -4.22. The molecular weight excluding hydrogens is 980 g/mol. The second-order valence-electron chi connectivity index (χ2n) is 14.1. The number of ether oxygens (including phenoxy) is 2. The maximum atomic E-state index is 13.2. The number of terminal acetylenes is 1. The number of rotatable bonds is 28. The summed E-state index contributed by atoms with van der Waals surface area (Å²) < 4.78 is 81.1. The van der Waals surface area contributed by atoms with Gasteiger partial charge in [-0.2, -0.15) is 0 Å². The van der Waals surface area contributed by atoms with Crippen LogP contribution in [0.5, 0.6) is 0 Å². The zero-order valence-electron chi connectivity index (χ0n) is 36.6. The lowest BCUT2D eigenvalue weighted by molar-refractivity contribution is -0.209. The third-order valence-corrected chi connectivity index (χ3v) is 11.2. The predicted octanol–water partition coefficient (Wildman–Crippen LogP) is 2.25. The van der Waals surface area contributed by atoms with Crippen LogP contribution in [0.25, 0.3) is 0 Å². The maximum Gasteiger partial charge on any atom is 0.472 e. The van der Waals surface area contributed by atoms with Gasteiger partial charge in [-0.25, -0.2) is 23.1 Å². The van der Waals surface area contributed by atoms with Crippen molar-refractivity contribution in [3.8, 4) is 95.2 Å². The van der Waals surface area contributed by atoms with E-state index in [4.69, 9.17) is 24.9 Å². The zero-order chi connectivity index (χ0) is 51.1. The fraction of sp³-hybridized carbons (Fsp3) is 0.571. The van der Waals surface area contributed by atoms with Crippen molar-refractivity contribution < 1.29 is 104 Å². The summed E-state index contributed by atoms with van der Waals surface area (Å²) in [5.41, 5.74) is 0. The zero-order valence-corrected chi connectivity index (χ0v) is 40.1. The van der Waals surface area contributed by atoms with Gasteiger partial charge in [0.15, 0.2) is 6.10 Å². The first-order valence-electron chi connectivity index (χ1n) is 20.5. The summed E-state index contributed by atoms with van der Waals surface area (Å²) in [6, 6.07) is 0. The van der Waals surface area contributed by atoms with Crippen LogP contribution in [0.15, 0.2) is 0 Å². The third kappa shape index (κ3) is 31.0. The van der Waals surface area contributed by atoms with Gasteiger partial charge in [0.1, 0.15) is 43.2 Å². The van der Waals surface area contributed by atoms with Gasteiger partial charge in [-0.1, -0.05) is 84.0 Å². The number of hydrogen-bond acceptors (Lipinski definition) is 15. The molecule has 0 aliphatic heterocycles. The molecule has 1 fully saturated rings. The largest absolute Gasteiger partial charge is 0.472 e. The number of esters is 2. The van der Waals surface area contributed by atoms with Crippen molar-refractivity contribution in [2.75, 3.05) is 13.2 Å². The SMILES string of the molecule is C#CC#CC#CC#CC#CC#CC#CC#CC(=O)OC[C@H](COP(=O)(O)OC1C(O)[C@H](OP(=O)(O)O)C(OP(=O)(O)O)C(OP(=O)(O)O)[C@@H]1O)OC(=O)CCCCCCCCCCCCCCC. The first-order valence-corrected chi connectivity index (χ1v) is 26.6. The van der Waals surface area contributed by atoms with E-state index in [2.05, 4.69) is 103 Å². The first-order chi connectivity index (χ1) is 32.0. The number of phosphoric acid groups is 4. The van der Waals surface area contributed by atoms with E-state index >= 15 is 0 Å². The molecule has 0 saturated heterocycles. The van der Waals surface area contributed by atoms with Gasteiger partial charge in [0, 0.05) is 12.3 Å². The van der Waals surface area contributed by atoms with Crippen LogP contribution in [0.4, 0.5) is 0 Å². The Balaban J connectivity index is 3.13. The Morgan fingerprint density at radius 1 is 0.515 bits per heavy atom. The molecule has 1 saturated carbocycles. The lowest BCUT2D eigenvalue weighted by atomic mass is 9.85. The van der Waals surface area contributed by atoms with Crippen molar-refractivity contribution >= 4 is 43.2 Å². The molecule has 0 spiro atoms. The van der Waals surface area contributed by atoms with Crippen LogP contribution in [0, 0.1) is 95.2 Å². The standard InChI is InChI=1S/C42H52O22P4/c1-3-5-7-9-11-13-15-17-19-20-22-24-26-28-30-35(43)58-32-34(60-36(44)31-29-27-25-23-21-18-16-14-12-10-8-6-4-2)33-59-68(56,57)64-39-37(45)40(61-65(47,48)49)42(63-67(53,54)55)41(38(39)46)62-66(50,51)52/h1,34,37-42,45-46H,4,6,8,10,12,14,16,18,21,23,25,27,29,31-33H2,2H3,(H,56,57)(H2,47,48,49)(H2,50,51,52)(H2,53,54,55)/t34-,37-,38?,39?,40?,41+,42?/m1/s1. The van der Waals surface area contributed by atoms with Gasteiger partial charge >= 0.3 is 43.2 Å². The van der Waals surface area contributed by atoms with E-state index in [-0.39, 0.29) is 6.42 Å². The molecule has 68 heavy (non-hydrogen) atoms. The van der Waals surface area contributed by atoms with Crippen LogP contribution in [0.2, 0.25) is 0 Å². The molecule has 0 bridgehead atoms. The van der Waals surface area contributed by atoms with E-state index < -0.39 is 99.2 Å². The molecule has 372 valence electrons. The van der Waals surface area contributed by atoms with Crippen LogP contribution in [0.3, 0.4) is 0 Å². The van der Waals surface area contributed by atoms with Gasteiger partial charge < -0.3 is 53.9 Å². The van der Waals surface area contributed by atoms with E-state index in [0.29, 0.717) is 12.8 Å². The van der Waals surface area contributed by atoms with E-state index in [1.54, 1.807) is 0 Å². The molecule has 0 radical (unpaired) electrons. The number of carbonyl (C=O) groups excluding carboxylic acids is 2. The molecule has 5 unspecified atom stereocenters. The van der Waals surface area contributed by atoms with E-state index in [1.165, 1.54) is 38.5 Å². The number of unbranched alkanes of at least 4 members (excludes halogenated alkanes) is 12. The van der Waals surface area contributed by atoms with Gasteiger partial charge in [0.2, 0.25) is 0 Å². The van der Waals surface area contributed by atoms with Crippen molar-refractivity contribution in [2.24, 2.45) is 0 Å². The summed E-state index contributed by atoms with van der Waals surface area (Å²) in [5, 5.41) is 21.7. The average molecular weight is 1030 g/mol. The van der Waals surface area contributed by atoms with Crippen molar-refractivity contribution in [3.05, 3.63) is 0 Å². The second-order valence-corrected chi connectivity index (χ2v) is 19.1. The van der Waals surface area contributed by atoms with E-state index in [0.717, 1.165) is 32.1 Å². The minimum atomic E-state index is -5.82. The highest BCUT2D eigenvalue weighted by Crippen LogP contribution is 2.53. The van der Waals surface area contributed by atoms with Gasteiger partial charge in [-0.05, 0) is 89.3 Å². The summed E-state index contributed by atoms with van der Waals surface area (Å²) in [7, 11) is -23.2. The molecule has 1 aliphatic rings. The summed E-state index contributed by atoms with van der Waals surface area (Å²) >= 11 is 0. The topological polar surface area (TPSA) is 349 Å². The molecule has 0 aromatic heterocycles. The Bertz CT molecular complexity index is 2310. The van der Waals surface area contributed by atoms with Gasteiger partial charge in [-0.15, -0.1) is 6.42 Å². The molecule has 0 heterocycles. The highest BCUT2D eigenvalue weighted by Gasteiger charge is 2.59. The van der Waals surface area contributed by atoms with Crippen LogP contribution in [-0.4, -0.2) is 112 Å². The number of carbonyl (C=O) groups is 2. The second kappa shape index (κ2) is 33.3. The normalized spacial score (nSPS) is 19.8. The molecule has 26 heteroatoms. The lowest BCUT2D eigenvalue weighted by Crippen LogP contribution is -2.65. The number of aliphatic hydroxyl groups excluding tert-OH is 2. The van der Waals surface area contributed by atoms with Crippen LogP contribution >= 0.6 is 31.3 Å². The van der Waals surface area contributed by atoms with Gasteiger partial charge in [-0.3, -0.25) is 27.4 Å². The predicted molar refractivity (Wildman–Crippen MR) is 238 cm³/mol. The lowest BCUT2D eigenvalue weighted by Gasteiger charge is -2.45. The Labute approximate surface area is 394 Å².